The van der Waals surface area contributed by atoms with Gasteiger partial charge >= 0.3 is 6.18 Å². The summed E-state index contributed by atoms with van der Waals surface area (Å²) in [6.07, 6.45) is -5.58. The third-order valence-electron chi connectivity index (χ3n) is 5.72. The average Bonchev–Trinajstić information content (AvgIpc) is 3.31. The smallest absolute Gasteiger partial charge is 0.273 e. The molecule has 5 rings (SSSR count). The van der Waals surface area contributed by atoms with Crippen LogP contribution in [-0.2, 0) is 20.6 Å². The number of hydrogen-bond donors (Lipinski definition) is 0. The molecule has 3 atom stereocenters. The van der Waals surface area contributed by atoms with E-state index in [-0.39, 0.29) is 5.69 Å². The minimum atomic E-state index is -4.51. The van der Waals surface area contributed by atoms with Crippen LogP contribution in [0.5, 0.6) is 0 Å². The molecule has 0 spiro atoms. The van der Waals surface area contributed by atoms with Gasteiger partial charge in [0.25, 0.3) is 5.91 Å². The van der Waals surface area contributed by atoms with Crippen LogP contribution in [0.1, 0.15) is 17.2 Å². The van der Waals surface area contributed by atoms with Crippen molar-refractivity contribution in [1.29, 1.82) is 0 Å². The van der Waals surface area contributed by atoms with Gasteiger partial charge in [0.15, 0.2) is 6.10 Å². The standard InChI is InChI=1S/C24H17F3N2O3/c25-24(26,27)16-11-13-17(14-12-16)28-22(30)19-20(15-7-3-1-4-8-15)29(32-21(19)23(28)31)18-9-5-2-6-10-18/h1-14,19-21H/t19-,20-,21-/m1/s1. The van der Waals surface area contributed by atoms with Crippen molar-refractivity contribution in [2.24, 2.45) is 5.92 Å². The molecule has 0 N–H and O–H groups in total. The number of para-hydroxylation sites is 1. The number of fused-ring (bicyclic) bond motifs is 1. The molecule has 8 heteroatoms. The van der Waals surface area contributed by atoms with Crippen LogP contribution in [0.4, 0.5) is 24.5 Å². The number of imide groups is 1. The fraction of sp³-hybridized carbons (Fsp3) is 0.167. The van der Waals surface area contributed by atoms with E-state index < -0.39 is 41.6 Å². The van der Waals surface area contributed by atoms with Crippen molar-refractivity contribution < 1.29 is 27.6 Å². The molecule has 2 amide bonds. The van der Waals surface area contributed by atoms with Crippen molar-refractivity contribution in [3.63, 3.8) is 0 Å². The van der Waals surface area contributed by atoms with E-state index in [9.17, 15) is 22.8 Å². The second kappa shape index (κ2) is 7.49. The number of nitrogens with zero attached hydrogens (tertiary/aromatic N) is 2. The first-order valence-electron chi connectivity index (χ1n) is 9.97. The van der Waals surface area contributed by atoms with Gasteiger partial charge in [-0.05, 0) is 42.0 Å². The first kappa shape index (κ1) is 20.3. The molecule has 0 radical (unpaired) electrons. The predicted octanol–water partition coefficient (Wildman–Crippen LogP) is 4.76. The number of hydroxylamine groups is 1. The number of amides is 2. The molecule has 2 aliphatic heterocycles. The molecule has 0 aromatic heterocycles. The van der Waals surface area contributed by atoms with Crippen molar-refractivity contribution in [3.05, 3.63) is 96.1 Å². The normalized spacial score (nSPS) is 23.0. The number of carbonyl (C=O) groups is 2. The van der Waals surface area contributed by atoms with Gasteiger partial charge in [-0.2, -0.15) is 13.2 Å². The number of alkyl halides is 3. The Morgan fingerprint density at radius 1 is 0.719 bits per heavy atom. The Hall–Kier alpha value is -3.65. The van der Waals surface area contributed by atoms with Crippen molar-refractivity contribution in [2.75, 3.05) is 9.96 Å². The summed E-state index contributed by atoms with van der Waals surface area (Å²) >= 11 is 0. The molecule has 2 fully saturated rings. The van der Waals surface area contributed by atoms with Gasteiger partial charge in [-0.25, -0.2) is 9.96 Å². The molecular weight excluding hydrogens is 421 g/mol. The van der Waals surface area contributed by atoms with Crippen LogP contribution in [0.3, 0.4) is 0 Å². The molecule has 0 aliphatic carbocycles. The Kier molecular flexibility index (Phi) is 4.74. The van der Waals surface area contributed by atoms with Gasteiger partial charge in [-0.15, -0.1) is 0 Å². The SMILES string of the molecule is O=C1[C@@H]2[C@@H](c3ccccc3)N(c3ccccc3)O[C@H]2C(=O)N1c1ccc(C(F)(F)F)cc1. The zero-order chi connectivity index (χ0) is 22.5. The summed E-state index contributed by atoms with van der Waals surface area (Å²) in [5.41, 5.74) is 0.718. The van der Waals surface area contributed by atoms with Crippen molar-refractivity contribution >= 4 is 23.2 Å². The third-order valence-corrected chi connectivity index (χ3v) is 5.72. The van der Waals surface area contributed by atoms with Gasteiger partial charge < -0.3 is 0 Å². The van der Waals surface area contributed by atoms with Gasteiger partial charge in [0.1, 0.15) is 5.92 Å². The van der Waals surface area contributed by atoms with Gasteiger partial charge in [-0.1, -0.05) is 48.5 Å². The lowest BCUT2D eigenvalue weighted by Crippen LogP contribution is -2.37. The minimum absolute atomic E-state index is 0.0871. The van der Waals surface area contributed by atoms with E-state index in [1.807, 2.05) is 60.7 Å². The van der Waals surface area contributed by atoms with E-state index in [0.29, 0.717) is 5.69 Å². The Morgan fingerprint density at radius 2 is 1.31 bits per heavy atom. The van der Waals surface area contributed by atoms with E-state index in [0.717, 1.165) is 34.7 Å². The summed E-state index contributed by atoms with van der Waals surface area (Å²) in [6.45, 7) is 0. The lowest BCUT2D eigenvalue weighted by Gasteiger charge is -2.28. The molecule has 32 heavy (non-hydrogen) atoms. The molecule has 2 aliphatic rings. The Labute approximate surface area is 181 Å². The van der Waals surface area contributed by atoms with Gasteiger partial charge in [0.05, 0.1) is 23.0 Å². The number of anilines is 2. The van der Waals surface area contributed by atoms with E-state index in [1.54, 1.807) is 5.06 Å². The molecule has 0 unspecified atom stereocenters. The van der Waals surface area contributed by atoms with Crippen molar-refractivity contribution in [1.82, 2.24) is 0 Å². The Bertz CT molecular complexity index is 1150. The monoisotopic (exact) mass is 438 g/mol. The molecular formula is C24H17F3N2O3. The molecule has 0 saturated carbocycles. The highest BCUT2D eigenvalue weighted by Gasteiger charge is 2.60. The lowest BCUT2D eigenvalue weighted by atomic mass is 9.90. The van der Waals surface area contributed by atoms with Crippen LogP contribution in [-0.4, -0.2) is 17.9 Å². The highest BCUT2D eigenvalue weighted by molar-refractivity contribution is 6.23. The quantitative estimate of drug-likeness (QED) is 0.554. The summed E-state index contributed by atoms with van der Waals surface area (Å²) in [6, 6.07) is 21.8. The van der Waals surface area contributed by atoms with Crippen molar-refractivity contribution in [3.8, 4) is 0 Å². The maximum atomic E-state index is 13.4. The van der Waals surface area contributed by atoms with Crippen LogP contribution in [0.15, 0.2) is 84.9 Å². The molecule has 3 aromatic rings. The average molecular weight is 438 g/mol. The first-order valence-corrected chi connectivity index (χ1v) is 9.97. The minimum Gasteiger partial charge on any atom is -0.273 e. The van der Waals surface area contributed by atoms with E-state index in [4.69, 9.17) is 4.84 Å². The summed E-state index contributed by atoms with van der Waals surface area (Å²) in [5, 5.41) is 1.57. The fourth-order valence-electron chi connectivity index (χ4n) is 4.26. The van der Waals surface area contributed by atoms with Crippen LogP contribution < -0.4 is 9.96 Å². The summed E-state index contributed by atoms with van der Waals surface area (Å²) < 4.78 is 38.7. The molecule has 2 saturated heterocycles. The maximum absolute atomic E-state index is 13.4. The number of benzene rings is 3. The van der Waals surface area contributed by atoms with Gasteiger partial charge in [0, 0.05) is 0 Å². The van der Waals surface area contributed by atoms with Crippen LogP contribution in [0, 0.1) is 5.92 Å². The highest BCUT2D eigenvalue weighted by Crippen LogP contribution is 2.47. The summed E-state index contributed by atoms with van der Waals surface area (Å²) in [4.78, 5) is 33.5. The summed E-state index contributed by atoms with van der Waals surface area (Å²) in [7, 11) is 0. The van der Waals surface area contributed by atoms with Gasteiger partial charge in [-0.3, -0.25) is 14.4 Å². The van der Waals surface area contributed by atoms with E-state index in [1.165, 1.54) is 0 Å². The van der Waals surface area contributed by atoms with E-state index >= 15 is 0 Å². The third kappa shape index (κ3) is 3.23. The number of rotatable bonds is 3. The van der Waals surface area contributed by atoms with Crippen molar-refractivity contribution in [2.45, 2.75) is 18.3 Å². The molecule has 5 nitrogen and oxygen atoms in total. The molecule has 3 aromatic carbocycles. The summed E-state index contributed by atoms with van der Waals surface area (Å²) in [5.74, 6) is -1.95. The zero-order valence-corrected chi connectivity index (χ0v) is 16.6. The van der Waals surface area contributed by atoms with Gasteiger partial charge in [0.2, 0.25) is 5.91 Å². The molecule has 2 heterocycles. The number of halogens is 3. The first-order chi connectivity index (χ1) is 15.4. The predicted molar refractivity (Wildman–Crippen MR) is 110 cm³/mol. The Balaban J connectivity index is 1.53. The lowest BCUT2D eigenvalue weighted by molar-refractivity contribution is -0.137. The van der Waals surface area contributed by atoms with Crippen LogP contribution >= 0.6 is 0 Å². The highest BCUT2D eigenvalue weighted by atomic mass is 19.4. The topological polar surface area (TPSA) is 49.9 Å². The number of hydrogen-bond acceptors (Lipinski definition) is 4. The van der Waals surface area contributed by atoms with E-state index in [2.05, 4.69) is 0 Å². The molecule has 162 valence electrons. The zero-order valence-electron chi connectivity index (χ0n) is 16.6. The second-order valence-electron chi connectivity index (χ2n) is 7.63. The maximum Gasteiger partial charge on any atom is 0.416 e. The largest absolute Gasteiger partial charge is 0.416 e. The second-order valence-corrected chi connectivity index (χ2v) is 7.63. The number of carbonyl (C=O) groups excluding carboxylic acids is 2. The van der Waals surface area contributed by atoms with Crippen LogP contribution in [0.25, 0.3) is 0 Å². The molecule has 0 bridgehead atoms. The van der Waals surface area contributed by atoms with Crippen LogP contribution in [0.2, 0.25) is 0 Å². The fourth-order valence-corrected chi connectivity index (χ4v) is 4.26. The Morgan fingerprint density at radius 3 is 1.91 bits per heavy atom.